The number of ether oxygens (including phenoxy) is 1. The van der Waals surface area contributed by atoms with Crippen molar-refractivity contribution in [3.63, 3.8) is 0 Å². The van der Waals surface area contributed by atoms with Crippen molar-refractivity contribution in [3.8, 4) is 0 Å². The van der Waals surface area contributed by atoms with Gasteiger partial charge in [-0.15, -0.1) is 0 Å². The van der Waals surface area contributed by atoms with E-state index in [9.17, 15) is 0 Å². The zero-order valence-corrected chi connectivity index (χ0v) is 14.2. The predicted molar refractivity (Wildman–Crippen MR) is 87.0 cm³/mol. The summed E-state index contributed by atoms with van der Waals surface area (Å²) in [5.41, 5.74) is 6.49. The lowest BCUT2D eigenvalue weighted by atomic mass is 9.73. The van der Waals surface area contributed by atoms with Crippen LogP contribution in [-0.2, 0) is 4.74 Å². The van der Waals surface area contributed by atoms with Gasteiger partial charge in [0.05, 0.1) is 6.61 Å². The van der Waals surface area contributed by atoms with E-state index in [1.165, 1.54) is 44.9 Å². The summed E-state index contributed by atoms with van der Waals surface area (Å²) in [6.07, 6.45) is 8.96. The Morgan fingerprint density at radius 3 is 2.20 bits per heavy atom. The zero-order valence-electron chi connectivity index (χ0n) is 14.2. The van der Waals surface area contributed by atoms with Gasteiger partial charge in [0.25, 0.3) is 0 Å². The largest absolute Gasteiger partial charge is 0.383 e. The molecule has 2 N–H and O–H groups in total. The Kier molecular flexibility index (Phi) is 8.08. The van der Waals surface area contributed by atoms with Gasteiger partial charge in [-0.3, -0.25) is 4.90 Å². The van der Waals surface area contributed by atoms with Crippen molar-refractivity contribution >= 4 is 0 Å². The summed E-state index contributed by atoms with van der Waals surface area (Å²) in [5, 5.41) is 0. The lowest BCUT2D eigenvalue weighted by Gasteiger charge is -2.50. The van der Waals surface area contributed by atoms with Crippen molar-refractivity contribution in [3.05, 3.63) is 0 Å². The van der Waals surface area contributed by atoms with Gasteiger partial charge in [0.15, 0.2) is 0 Å². The van der Waals surface area contributed by atoms with Crippen LogP contribution in [0.3, 0.4) is 0 Å². The monoisotopic (exact) mass is 284 g/mol. The quantitative estimate of drug-likeness (QED) is 0.705. The highest BCUT2D eigenvalue weighted by atomic mass is 16.5. The molecule has 1 aliphatic rings. The average Bonchev–Trinajstić information content (AvgIpc) is 2.51. The Morgan fingerprint density at radius 2 is 1.80 bits per heavy atom. The second-order valence-corrected chi connectivity index (χ2v) is 6.44. The van der Waals surface area contributed by atoms with Crippen LogP contribution in [0.5, 0.6) is 0 Å². The van der Waals surface area contributed by atoms with E-state index in [2.05, 4.69) is 25.7 Å². The lowest BCUT2D eigenvalue weighted by Crippen LogP contribution is -2.60. The summed E-state index contributed by atoms with van der Waals surface area (Å²) in [5.74, 6) is 0.917. The number of hydrogen-bond donors (Lipinski definition) is 1. The molecule has 1 saturated carbocycles. The number of rotatable bonds is 9. The van der Waals surface area contributed by atoms with Crippen molar-refractivity contribution in [2.75, 3.05) is 26.8 Å². The van der Waals surface area contributed by atoms with Crippen molar-refractivity contribution in [2.24, 2.45) is 11.7 Å². The van der Waals surface area contributed by atoms with Crippen LogP contribution in [0, 0.1) is 5.92 Å². The fraction of sp³-hybridized carbons (Fsp3) is 1.00. The molecule has 0 heterocycles. The molecule has 0 aromatic heterocycles. The van der Waals surface area contributed by atoms with Crippen molar-refractivity contribution in [2.45, 2.75) is 77.3 Å². The molecule has 1 aliphatic carbocycles. The smallest absolute Gasteiger partial charge is 0.0590 e. The van der Waals surface area contributed by atoms with Gasteiger partial charge in [0.1, 0.15) is 0 Å². The number of nitrogens with zero attached hydrogens (tertiary/aromatic N) is 1. The van der Waals surface area contributed by atoms with E-state index >= 15 is 0 Å². The van der Waals surface area contributed by atoms with Crippen molar-refractivity contribution in [1.29, 1.82) is 0 Å². The maximum atomic E-state index is 6.26. The third-order valence-corrected chi connectivity index (χ3v) is 5.52. The van der Waals surface area contributed by atoms with Gasteiger partial charge in [0.2, 0.25) is 0 Å². The molecule has 20 heavy (non-hydrogen) atoms. The van der Waals surface area contributed by atoms with Gasteiger partial charge in [-0.2, -0.15) is 0 Å². The molecule has 0 amide bonds. The Labute approximate surface area is 126 Å². The summed E-state index contributed by atoms with van der Waals surface area (Å²) in [6, 6.07) is 0.645. The third kappa shape index (κ3) is 4.19. The summed E-state index contributed by atoms with van der Waals surface area (Å²) in [4.78, 5) is 2.70. The second-order valence-electron chi connectivity index (χ2n) is 6.44. The standard InChI is InChI=1S/C17H36N2O/c1-5-15-8-10-17(14-18,11-9-15)19(12-13-20-4)16(6-2)7-3/h15-16H,5-14,18H2,1-4H3. The van der Waals surface area contributed by atoms with E-state index in [1.807, 2.05) is 0 Å². The lowest BCUT2D eigenvalue weighted by molar-refractivity contribution is -0.0119. The molecule has 120 valence electrons. The Bertz CT molecular complexity index is 245. The van der Waals surface area contributed by atoms with Crippen LogP contribution < -0.4 is 5.73 Å². The first-order valence-corrected chi connectivity index (χ1v) is 8.63. The highest BCUT2D eigenvalue weighted by Gasteiger charge is 2.40. The van der Waals surface area contributed by atoms with Crippen molar-refractivity contribution < 1.29 is 4.74 Å². The molecule has 1 fully saturated rings. The van der Waals surface area contributed by atoms with E-state index in [4.69, 9.17) is 10.5 Å². The van der Waals surface area contributed by atoms with E-state index in [0.29, 0.717) is 6.04 Å². The first kappa shape index (κ1) is 17.9. The van der Waals surface area contributed by atoms with Crippen molar-refractivity contribution in [1.82, 2.24) is 4.90 Å². The topological polar surface area (TPSA) is 38.5 Å². The van der Waals surface area contributed by atoms with Crippen LogP contribution in [0.2, 0.25) is 0 Å². The highest BCUT2D eigenvalue weighted by molar-refractivity contribution is 4.98. The number of hydrogen-bond acceptors (Lipinski definition) is 3. The van der Waals surface area contributed by atoms with E-state index < -0.39 is 0 Å². The molecule has 0 spiro atoms. The second kappa shape index (κ2) is 9.01. The highest BCUT2D eigenvalue weighted by Crippen LogP contribution is 2.38. The molecule has 0 bridgehead atoms. The molecule has 0 aromatic carbocycles. The SMILES string of the molecule is CCC1CCC(CN)(N(CCOC)C(CC)CC)CC1. The fourth-order valence-corrected chi connectivity index (χ4v) is 3.96. The van der Waals surface area contributed by atoms with E-state index in [0.717, 1.165) is 25.6 Å². The number of methoxy groups -OCH3 is 1. The third-order valence-electron chi connectivity index (χ3n) is 5.52. The van der Waals surface area contributed by atoms with Crippen LogP contribution in [0.25, 0.3) is 0 Å². The first-order valence-electron chi connectivity index (χ1n) is 8.63. The molecule has 0 aliphatic heterocycles. The van der Waals surface area contributed by atoms with Crippen LogP contribution in [0.1, 0.15) is 65.7 Å². The van der Waals surface area contributed by atoms with E-state index in [1.54, 1.807) is 7.11 Å². The maximum absolute atomic E-state index is 6.26. The molecule has 1 rings (SSSR count). The molecule has 0 radical (unpaired) electrons. The first-order chi connectivity index (χ1) is 9.67. The summed E-state index contributed by atoms with van der Waals surface area (Å²) in [6.45, 7) is 9.56. The van der Waals surface area contributed by atoms with Crippen LogP contribution >= 0.6 is 0 Å². The van der Waals surface area contributed by atoms with Gasteiger partial charge in [-0.25, -0.2) is 0 Å². The van der Waals surface area contributed by atoms with Crippen LogP contribution in [-0.4, -0.2) is 43.3 Å². The van der Waals surface area contributed by atoms with Gasteiger partial charge in [0, 0.05) is 31.8 Å². The Balaban J connectivity index is 2.83. The van der Waals surface area contributed by atoms with E-state index in [-0.39, 0.29) is 5.54 Å². The van der Waals surface area contributed by atoms with Gasteiger partial charge < -0.3 is 10.5 Å². The molecular formula is C17H36N2O. The molecule has 0 atom stereocenters. The molecule has 0 saturated heterocycles. The molecule has 3 heteroatoms. The molecule has 0 aromatic rings. The van der Waals surface area contributed by atoms with Crippen LogP contribution in [0.15, 0.2) is 0 Å². The predicted octanol–water partition coefficient (Wildman–Crippen LogP) is 3.42. The zero-order chi connectivity index (χ0) is 15.0. The normalized spacial score (nSPS) is 27.4. The minimum atomic E-state index is 0.223. The fourth-order valence-electron chi connectivity index (χ4n) is 3.96. The maximum Gasteiger partial charge on any atom is 0.0590 e. The van der Waals surface area contributed by atoms with Gasteiger partial charge in [-0.1, -0.05) is 27.2 Å². The Hall–Kier alpha value is -0.120. The van der Waals surface area contributed by atoms with Gasteiger partial charge >= 0.3 is 0 Å². The molecular weight excluding hydrogens is 248 g/mol. The minimum absolute atomic E-state index is 0.223. The summed E-state index contributed by atoms with van der Waals surface area (Å²) in [7, 11) is 1.80. The summed E-state index contributed by atoms with van der Waals surface area (Å²) < 4.78 is 5.35. The van der Waals surface area contributed by atoms with Gasteiger partial charge in [-0.05, 0) is 44.4 Å². The summed E-state index contributed by atoms with van der Waals surface area (Å²) >= 11 is 0. The number of nitrogens with two attached hydrogens (primary N) is 1. The van der Waals surface area contributed by atoms with Crippen LogP contribution in [0.4, 0.5) is 0 Å². The minimum Gasteiger partial charge on any atom is -0.383 e. The average molecular weight is 284 g/mol. The molecule has 0 unspecified atom stereocenters. The molecule has 3 nitrogen and oxygen atoms in total. The Morgan fingerprint density at radius 1 is 1.20 bits per heavy atom.